The summed E-state index contributed by atoms with van der Waals surface area (Å²) in [4.78, 5) is 21.1. The molecule has 0 aromatic carbocycles. The lowest BCUT2D eigenvalue weighted by atomic mass is 9.77. The van der Waals surface area contributed by atoms with E-state index >= 15 is 0 Å². The second kappa shape index (κ2) is 5.00. The number of carbonyl (C=O) groups excluding carboxylic acids is 2. The quantitative estimate of drug-likeness (QED) is 0.503. The largest absolute Gasteiger partial charge is 0.369 e. The minimum Gasteiger partial charge on any atom is -0.369 e. The van der Waals surface area contributed by atoms with Crippen LogP contribution >= 0.6 is 0 Å². The zero-order valence-corrected chi connectivity index (χ0v) is 8.67. The average molecular weight is 185 g/mol. The number of hydrogen-bond donors (Lipinski definition) is 1. The Labute approximate surface area is 79.7 Å². The van der Waals surface area contributed by atoms with E-state index in [0.717, 1.165) is 19.1 Å². The van der Waals surface area contributed by atoms with E-state index in [-0.39, 0.29) is 11.8 Å². The minimum atomic E-state index is -0.469. The van der Waals surface area contributed by atoms with E-state index in [0.29, 0.717) is 6.42 Å². The van der Waals surface area contributed by atoms with E-state index in [1.165, 1.54) is 0 Å². The van der Waals surface area contributed by atoms with Gasteiger partial charge in [0.15, 0.2) is 0 Å². The van der Waals surface area contributed by atoms with Gasteiger partial charge in [-0.05, 0) is 18.8 Å². The molecule has 0 saturated heterocycles. The molecule has 0 aliphatic carbocycles. The van der Waals surface area contributed by atoms with Crippen molar-refractivity contribution in [1.29, 1.82) is 0 Å². The van der Waals surface area contributed by atoms with Crippen LogP contribution in [0.4, 0.5) is 0 Å². The molecule has 0 heterocycles. The highest BCUT2D eigenvalue weighted by molar-refractivity contribution is 5.80. The summed E-state index contributed by atoms with van der Waals surface area (Å²) in [5.74, 6) is -0.0453. The van der Waals surface area contributed by atoms with Gasteiger partial charge in [0.25, 0.3) is 0 Å². The maximum atomic E-state index is 11.0. The van der Waals surface area contributed by atoms with E-state index in [4.69, 9.17) is 5.73 Å². The van der Waals surface area contributed by atoms with Gasteiger partial charge in [-0.3, -0.25) is 4.79 Å². The number of hydrogen-bond acceptors (Lipinski definition) is 2. The van der Waals surface area contributed by atoms with Crippen molar-refractivity contribution in [1.82, 2.24) is 0 Å². The Bertz CT molecular complexity index is 187. The second-order valence-corrected chi connectivity index (χ2v) is 4.08. The fraction of sp³-hybridized carbons (Fsp3) is 0.800. The van der Waals surface area contributed by atoms with Crippen LogP contribution in [0.5, 0.6) is 0 Å². The maximum absolute atomic E-state index is 11.0. The molecule has 0 aromatic rings. The summed E-state index contributed by atoms with van der Waals surface area (Å²) in [5, 5.41) is 0. The average Bonchev–Trinajstić information content (AvgIpc) is 2.04. The first-order valence-corrected chi connectivity index (χ1v) is 4.66. The highest BCUT2D eigenvalue weighted by atomic mass is 16.1. The summed E-state index contributed by atoms with van der Waals surface area (Å²) >= 11 is 0. The molecule has 0 bridgehead atoms. The molecule has 1 amide bonds. The van der Waals surface area contributed by atoms with Gasteiger partial charge in [0.05, 0.1) is 0 Å². The van der Waals surface area contributed by atoms with Crippen LogP contribution in [0, 0.1) is 11.3 Å². The molecule has 0 spiro atoms. The van der Waals surface area contributed by atoms with Gasteiger partial charge < -0.3 is 10.5 Å². The van der Waals surface area contributed by atoms with Crippen LogP contribution in [0.2, 0.25) is 0 Å². The van der Waals surface area contributed by atoms with Crippen molar-refractivity contribution in [2.75, 3.05) is 0 Å². The van der Waals surface area contributed by atoms with Crippen LogP contribution in [0.15, 0.2) is 0 Å². The predicted octanol–water partition coefficient (Wildman–Crippen LogP) is 1.50. The molecule has 76 valence electrons. The monoisotopic (exact) mass is 185 g/mol. The summed E-state index contributed by atoms with van der Waals surface area (Å²) in [6, 6.07) is 0. The first-order chi connectivity index (χ1) is 5.92. The van der Waals surface area contributed by atoms with Crippen molar-refractivity contribution in [2.24, 2.45) is 17.1 Å². The summed E-state index contributed by atoms with van der Waals surface area (Å²) in [5.41, 5.74) is 4.80. The molecule has 0 aliphatic heterocycles. The molecule has 0 fully saturated rings. The molecule has 1 atom stereocenters. The number of aldehydes is 1. The van der Waals surface area contributed by atoms with Crippen LogP contribution in [-0.4, -0.2) is 12.2 Å². The van der Waals surface area contributed by atoms with Gasteiger partial charge in [0.1, 0.15) is 6.29 Å². The van der Waals surface area contributed by atoms with Crippen molar-refractivity contribution in [2.45, 2.75) is 40.0 Å². The van der Waals surface area contributed by atoms with Crippen LogP contribution in [0.3, 0.4) is 0 Å². The molecule has 1 unspecified atom stereocenters. The van der Waals surface area contributed by atoms with E-state index in [1.54, 1.807) is 0 Å². The molecule has 0 radical (unpaired) electrons. The Balaban J connectivity index is 4.01. The van der Waals surface area contributed by atoms with E-state index in [9.17, 15) is 9.59 Å². The molecular formula is C10H19NO2. The topological polar surface area (TPSA) is 60.2 Å². The molecule has 0 saturated carbocycles. The van der Waals surface area contributed by atoms with Gasteiger partial charge in [0, 0.05) is 11.8 Å². The number of carbonyl (C=O) groups is 2. The van der Waals surface area contributed by atoms with Gasteiger partial charge in [0.2, 0.25) is 5.91 Å². The molecule has 3 heteroatoms. The van der Waals surface area contributed by atoms with Crippen molar-refractivity contribution in [3.05, 3.63) is 0 Å². The van der Waals surface area contributed by atoms with Crippen molar-refractivity contribution < 1.29 is 9.59 Å². The van der Waals surface area contributed by atoms with Gasteiger partial charge >= 0.3 is 0 Å². The van der Waals surface area contributed by atoms with Crippen LogP contribution < -0.4 is 5.73 Å². The Hall–Kier alpha value is -0.860. The van der Waals surface area contributed by atoms with Gasteiger partial charge in [-0.2, -0.15) is 0 Å². The third kappa shape index (κ3) is 3.57. The summed E-state index contributed by atoms with van der Waals surface area (Å²) in [6.45, 7) is 5.69. The molecule has 2 N–H and O–H groups in total. The van der Waals surface area contributed by atoms with Crippen molar-refractivity contribution in [3.63, 3.8) is 0 Å². The van der Waals surface area contributed by atoms with E-state index < -0.39 is 5.41 Å². The zero-order valence-electron chi connectivity index (χ0n) is 8.67. The Morgan fingerprint density at radius 2 is 2.08 bits per heavy atom. The number of nitrogens with two attached hydrogens (primary N) is 1. The summed E-state index contributed by atoms with van der Waals surface area (Å²) in [6.07, 6.45) is 3.18. The highest BCUT2D eigenvalue weighted by Gasteiger charge is 2.31. The molecular weight excluding hydrogens is 166 g/mol. The Morgan fingerprint density at radius 3 is 2.46 bits per heavy atom. The van der Waals surface area contributed by atoms with Crippen LogP contribution in [0.25, 0.3) is 0 Å². The first-order valence-electron chi connectivity index (χ1n) is 4.66. The second-order valence-electron chi connectivity index (χ2n) is 4.08. The summed E-state index contributed by atoms with van der Waals surface area (Å²) < 4.78 is 0. The highest BCUT2D eigenvalue weighted by Crippen LogP contribution is 2.29. The predicted molar refractivity (Wildman–Crippen MR) is 52.1 cm³/mol. The third-order valence-electron chi connectivity index (χ3n) is 2.83. The standard InChI is InChI=1S/C10H19NO2/c1-8(6-4-5-7-12)10(2,3)9(11)13/h7-8H,4-6H2,1-3H3,(H2,11,13). The lowest BCUT2D eigenvalue weighted by Gasteiger charge is -2.28. The zero-order chi connectivity index (χ0) is 10.5. The molecule has 0 rings (SSSR count). The summed E-state index contributed by atoms with van der Waals surface area (Å²) in [7, 11) is 0. The SMILES string of the molecule is CC(CCCC=O)C(C)(C)C(N)=O. The number of rotatable bonds is 6. The number of amides is 1. The fourth-order valence-electron chi connectivity index (χ4n) is 1.11. The van der Waals surface area contributed by atoms with Crippen LogP contribution in [0.1, 0.15) is 40.0 Å². The van der Waals surface area contributed by atoms with Gasteiger partial charge in [-0.15, -0.1) is 0 Å². The maximum Gasteiger partial charge on any atom is 0.223 e. The van der Waals surface area contributed by atoms with Gasteiger partial charge in [-0.25, -0.2) is 0 Å². The Kier molecular flexibility index (Phi) is 4.67. The van der Waals surface area contributed by atoms with Crippen LogP contribution in [-0.2, 0) is 9.59 Å². The van der Waals surface area contributed by atoms with Gasteiger partial charge in [-0.1, -0.05) is 20.8 Å². The lowest BCUT2D eigenvalue weighted by molar-refractivity contribution is -0.128. The molecule has 0 aromatic heterocycles. The molecule has 13 heavy (non-hydrogen) atoms. The van der Waals surface area contributed by atoms with E-state index in [2.05, 4.69) is 0 Å². The molecule has 3 nitrogen and oxygen atoms in total. The third-order valence-corrected chi connectivity index (χ3v) is 2.83. The fourth-order valence-corrected chi connectivity index (χ4v) is 1.11. The first kappa shape index (κ1) is 12.1. The molecule has 0 aliphatic rings. The smallest absolute Gasteiger partial charge is 0.223 e. The Morgan fingerprint density at radius 1 is 1.54 bits per heavy atom. The van der Waals surface area contributed by atoms with Crippen molar-refractivity contribution in [3.8, 4) is 0 Å². The lowest BCUT2D eigenvalue weighted by Crippen LogP contribution is -2.37. The van der Waals surface area contributed by atoms with E-state index in [1.807, 2.05) is 20.8 Å². The van der Waals surface area contributed by atoms with Crippen molar-refractivity contribution >= 4 is 12.2 Å². The minimum absolute atomic E-state index is 0.227. The number of unbranched alkanes of at least 4 members (excludes halogenated alkanes) is 1. The number of primary amides is 1. The normalized spacial score (nSPS) is 13.8.